The smallest absolute Gasteiger partial charge is 0.238 e. The minimum Gasteiger partial charge on any atom is -0.454 e. The second kappa shape index (κ2) is 6.23. The van der Waals surface area contributed by atoms with Crippen LogP contribution in [0.3, 0.4) is 0 Å². The predicted molar refractivity (Wildman–Crippen MR) is 100 cm³/mol. The molecular formula is C21H26N2O4. The second-order valence-corrected chi connectivity index (χ2v) is 8.91. The van der Waals surface area contributed by atoms with Crippen molar-refractivity contribution in [2.45, 2.75) is 51.0 Å². The molecule has 6 nitrogen and oxygen atoms in total. The van der Waals surface area contributed by atoms with Crippen molar-refractivity contribution in [1.29, 1.82) is 0 Å². The lowest BCUT2D eigenvalue weighted by atomic mass is 9.53. The molecule has 1 aromatic carbocycles. The average molecular weight is 370 g/mol. The first-order valence-corrected chi connectivity index (χ1v) is 9.99. The molecule has 1 amide bonds. The minimum absolute atomic E-state index is 0.113. The number of fused-ring (bicyclic) bond motifs is 1. The van der Waals surface area contributed by atoms with Crippen LogP contribution < -0.4 is 20.1 Å². The maximum Gasteiger partial charge on any atom is 0.238 e. The maximum absolute atomic E-state index is 12.6. The number of hydrogen-bond donors (Lipinski definition) is 2. The van der Waals surface area contributed by atoms with Crippen LogP contribution in [0.5, 0.6) is 11.5 Å². The SMILES string of the molecule is CC(=O)c1cc2c(cc1NC(=O)CNC13CC4CC(CC(C4)C1)C3)OCO2. The molecule has 0 radical (unpaired) electrons. The Morgan fingerprint density at radius 3 is 2.22 bits per heavy atom. The first-order valence-electron chi connectivity index (χ1n) is 9.99. The van der Waals surface area contributed by atoms with Crippen LogP contribution >= 0.6 is 0 Å². The highest BCUT2D eigenvalue weighted by atomic mass is 16.7. The second-order valence-electron chi connectivity index (χ2n) is 8.91. The zero-order chi connectivity index (χ0) is 18.6. The summed E-state index contributed by atoms with van der Waals surface area (Å²) in [5.74, 6) is 3.39. The lowest BCUT2D eigenvalue weighted by molar-refractivity contribution is -0.116. The van der Waals surface area contributed by atoms with Crippen molar-refractivity contribution in [3.8, 4) is 11.5 Å². The fourth-order valence-corrected chi connectivity index (χ4v) is 6.13. The van der Waals surface area contributed by atoms with Crippen molar-refractivity contribution in [1.82, 2.24) is 5.32 Å². The van der Waals surface area contributed by atoms with E-state index < -0.39 is 0 Å². The van der Waals surface area contributed by atoms with Crippen LogP contribution in [-0.4, -0.2) is 30.6 Å². The summed E-state index contributed by atoms with van der Waals surface area (Å²) in [4.78, 5) is 24.6. The fraction of sp³-hybridized carbons (Fsp3) is 0.619. The third-order valence-corrected chi connectivity index (χ3v) is 6.83. The van der Waals surface area contributed by atoms with Crippen molar-refractivity contribution in [3.05, 3.63) is 17.7 Å². The zero-order valence-corrected chi connectivity index (χ0v) is 15.7. The number of amides is 1. The molecule has 4 bridgehead atoms. The van der Waals surface area contributed by atoms with Gasteiger partial charge in [0.05, 0.1) is 12.2 Å². The van der Waals surface area contributed by atoms with E-state index in [2.05, 4.69) is 10.6 Å². The van der Waals surface area contributed by atoms with Gasteiger partial charge in [0, 0.05) is 17.2 Å². The van der Waals surface area contributed by atoms with Crippen LogP contribution in [0, 0.1) is 17.8 Å². The Labute approximate surface area is 159 Å². The number of benzene rings is 1. The number of hydrogen-bond acceptors (Lipinski definition) is 5. The van der Waals surface area contributed by atoms with Gasteiger partial charge in [-0.15, -0.1) is 0 Å². The van der Waals surface area contributed by atoms with Crippen LogP contribution in [0.2, 0.25) is 0 Å². The summed E-state index contributed by atoms with van der Waals surface area (Å²) in [6, 6.07) is 3.33. The van der Waals surface area contributed by atoms with Gasteiger partial charge in [-0.1, -0.05) is 0 Å². The molecule has 1 heterocycles. The van der Waals surface area contributed by atoms with E-state index in [1.165, 1.54) is 45.4 Å². The molecule has 144 valence electrons. The third kappa shape index (κ3) is 3.10. The Kier molecular flexibility index (Phi) is 3.93. The average Bonchev–Trinajstić information content (AvgIpc) is 3.05. The number of nitrogens with one attached hydrogen (secondary N) is 2. The number of Topliss-reactive ketones (excluding diaryl/α,β-unsaturated/α-hetero) is 1. The van der Waals surface area contributed by atoms with Crippen molar-refractivity contribution in [2.24, 2.45) is 17.8 Å². The summed E-state index contributed by atoms with van der Waals surface area (Å²) in [6.45, 7) is 1.90. The van der Waals surface area contributed by atoms with Gasteiger partial charge in [-0.3, -0.25) is 9.59 Å². The molecule has 0 spiro atoms. The van der Waals surface area contributed by atoms with Crippen LogP contribution in [0.1, 0.15) is 55.8 Å². The van der Waals surface area contributed by atoms with Crippen LogP contribution in [0.25, 0.3) is 0 Å². The highest BCUT2D eigenvalue weighted by Crippen LogP contribution is 2.55. The number of ketones is 1. The van der Waals surface area contributed by atoms with Crippen molar-refractivity contribution in [2.75, 3.05) is 18.7 Å². The minimum atomic E-state index is -0.118. The Bertz CT molecular complexity index is 768. The summed E-state index contributed by atoms with van der Waals surface area (Å²) in [7, 11) is 0. The van der Waals surface area contributed by atoms with Gasteiger partial charge < -0.3 is 20.1 Å². The molecule has 6 heteroatoms. The molecule has 27 heavy (non-hydrogen) atoms. The van der Waals surface area contributed by atoms with Crippen molar-refractivity contribution >= 4 is 17.4 Å². The van der Waals surface area contributed by atoms with Crippen molar-refractivity contribution < 1.29 is 19.1 Å². The summed E-state index contributed by atoms with van der Waals surface area (Å²) >= 11 is 0. The molecule has 6 rings (SSSR count). The molecule has 2 N–H and O–H groups in total. The third-order valence-electron chi connectivity index (χ3n) is 6.83. The van der Waals surface area contributed by atoms with Gasteiger partial charge in [-0.25, -0.2) is 0 Å². The van der Waals surface area contributed by atoms with E-state index in [1.807, 2.05) is 0 Å². The van der Waals surface area contributed by atoms with E-state index in [4.69, 9.17) is 9.47 Å². The van der Waals surface area contributed by atoms with E-state index in [-0.39, 0.29) is 30.6 Å². The predicted octanol–water partition coefficient (Wildman–Crippen LogP) is 3.11. The normalized spacial score (nSPS) is 32.6. The topological polar surface area (TPSA) is 76.7 Å². The van der Waals surface area contributed by atoms with E-state index in [0.29, 0.717) is 22.7 Å². The Morgan fingerprint density at radius 2 is 1.63 bits per heavy atom. The van der Waals surface area contributed by atoms with Crippen LogP contribution in [0.15, 0.2) is 12.1 Å². The molecular weight excluding hydrogens is 344 g/mol. The largest absolute Gasteiger partial charge is 0.454 e. The van der Waals surface area contributed by atoms with Gasteiger partial charge in [0.25, 0.3) is 0 Å². The van der Waals surface area contributed by atoms with E-state index in [0.717, 1.165) is 17.8 Å². The lowest BCUT2D eigenvalue weighted by Crippen LogP contribution is -2.59. The monoisotopic (exact) mass is 370 g/mol. The standard InChI is InChI=1S/C21H26N2O4/c1-12(24)16-5-18-19(27-11-26-18)6-17(16)23-20(25)10-22-21-7-13-2-14(8-21)4-15(3-13)9-21/h5-6,13-15,22H,2-4,7-11H2,1H3,(H,23,25). The zero-order valence-electron chi connectivity index (χ0n) is 15.7. The highest BCUT2D eigenvalue weighted by Gasteiger charge is 2.50. The number of carbonyl (C=O) groups excluding carboxylic acids is 2. The number of rotatable bonds is 5. The molecule has 4 fully saturated rings. The summed E-state index contributed by atoms with van der Waals surface area (Å²) < 4.78 is 10.7. The lowest BCUT2D eigenvalue weighted by Gasteiger charge is -2.57. The summed E-state index contributed by atoms with van der Waals surface area (Å²) in [5, 5.41) is 6.49. The van der Waals surface area contributed by atoms with Crippen LogP contribution in [0.4, 0.5) is 5.69 Å². The summed E-state index contributed by atoms with van der Waals surface area (Å²) in [5.41, 5.74) is 1.08. The highest BCUT2D eigenvalue weighted by molar-refractivity contribution is 6.05. The Hall–Kier alpha value is -2.08. The maximum atomic E-state index is 12.6. The Balaban J connectivity index is 1.27. The van der Waals surface area contributed by atoms with E-state index in [9.17, 15) is 9.59 Å². The van der Waals surface area contributed by atoms with Gasteiger partial charge in [0.1, 0.15) is 0 Å². The van der Waals surface area contributed by atoms with Crippen LogP contribution in [-0.2, 0) is 4.79 Å². The van der Waals surface area contributed by atoms with Gasteiger partial charge in [-0.2, -0.15) is 0 Å². The van der Waals surface area contributed by atoms with Crippen molar-refractivity contribution in [3.63, 3.8) is 0 Å². The molecule has 0 unspecified atom stereocenters. The first kappa shape index (κ1) is 17.0. The molecule has 0 saturated heterocycles. The number of ether oxygens (including phenoxy) is 2. The van der Waals surface area contributed by atoms with Gasteiger partial charge >= 0.3 is 0 Å². The number of carbonyl (C=O) groups is 2. The van der Waals surface area contributed by atoms with Gasteiger partial charge in [0.2, 0.25) is 12.7 Å². The summed E-state index contributed by atoms with van der Waals surface area (Å²) in [6.07, 6.45) is 7.75. The molecule has 4 saturated carbocycles. The molecule has 0 atom stereocenters. The van der Waals surface area contributed by atoms with E-state index >= 15 is 0 Å². The molecule has 4 aliphatic carbocycles. The molecule has 0 aromatic heterocycles. The van der Waals surface area contributed by atoms with Gasteiger partial charge in [-0.05, 0) is 69.3 Å². The fourth-order valence-electron chi connectivity index (χ4n) is 6.13. The van der Waals surface area contributed by atoms with E-state index in [1.54, 1.807) is 12.1 Å². The Morgan fingerprint density at radius 1 is 1.04 bits per heavy atom. The molecule has 1 aliphatic heterocycles. The van der Waals surface area contributed by atoms with Gasteiger partial charge in [0.15, 0.2) is 17.3 Å². The molecule has 5 aliphatic rings. The number of anilines is 1. The quantitative estimate of drug-likeness (QED) is 0.779. The molecule has 1 aromatic rings. The first-order chi connectivity index (χ1) is 13.0.